The van der Waals surface area contributed by atoms with Gasteiger partial charge in [-0.3, -0.25) is 4.98 Å². The second-order valence-corrected chi connectivity index (χ2v) is 4.06. The molecule has 1 N–H and O–H groups in total. The number of aromatic carboxylic acids is 1. The number of hydrogen-bond acceptors (Lipinski definition) is 2. The van der Waals surface area contributed by atoms with Crippen LogP contribution in [0.25, 0.3) is 0 Å². The predicted octanol–water partition coefficient (Wildman–Crippen LogP) is 3.02. The molecule has 0 saturated heterocycles. The lowest BCUT2D eigenvalue weighted by atomic mass is 10.0. The number of halogens is 1. The topological polar surface area (TPSA) is 50.2 Å². The number of benzene rings is 1. The summed E-state index contributed by atoms with van der Waals surface area (Å²) in [7, 11) is 0. The van der Waals surface area contributed by atoms with Crippen molar-refractivity contribution in [1.82, 2.24) is 4.98 Å². The van der Waals surface area contributed by atoms with E-state index >= 15 is 0 Å². The van der Waals surface area contributed by atoms with Gasteiger partial charge in [-0.1, -0.05) is 23.7 Å². The second kappa shape index (κ2) is 4.97. The Balaban J connectivity index is 2.29. The highest BCUT2D eigenvalue weighted by molar-refractivity contribution is 6.33. The van der Waals surface area contributed by atoms with Gasteiger partial charge in [0.15, 0.2) is 0 Å². The summed E-state index contributed by atoms with van der Waals surface area (Å²) in [5.41, 5.74) is 2.07. The maximum atomic E-state index is 10.9. The predicted molar refractivity (Wildman–Crippen MR) is 65.5 cm³/mol. The number of nitrogens with zero attached hydrogens (tertiary/aromatic N) is 1. The van der Waals surface area contributed by atoms with E-state index in [1.807, 2.05) is 18.2 Å². The van der Waals surface area contributed by atoms with Gasteiger partial charge in [-0.15, -0.1) is 0 Å². The summed E-state index contributed by atoms with van der Waals surface area (Å²) in [6, 6.07) is 8.82. The van der Waals surface area contributed by atoms with Gasteiger partial charge in [-0.05, 0) is 35.7 Å². The van der Waals surface area contributed by atoms with Crippen molar-refractivity contribution in [2.24, 2.45) is 0 Å². The monoisotopic (exact) mass is 247 g/mol. The standard InChI is InChI=1S/C13H10ClNO2/c14-12-4-3-9(7-11(12)13(16)17)6-10-2-1-5-15-8-10/h1-5,7-8H,6H2,(H,16,17). The minimum absolute atomic E-state index is 0.132. The van der Waals surface area contributed by atoms with E-state index in [0.717, 1.165) is 11.1 Å². The zero-order valence-corrected chi connectivity index (χ0v) is 9.69. The van der Waals surface area contributed by atoms with Gasteiger partial charge in [0.1, 0.15) is 0 Å². The largest absolute Gasteiger partial charge is 0.478 e. The molecule has 2 rings (SSSR count). The van der Waals surface area contributed by atoms with Crippen molar-refractivity contribution in [3.8, 4) is 0 Å². The molecule has 0 aliphatic carbocycles. The van der Waals surface area contributed by atoms with Crippen LogP contribution >= 0.6 is 11.6 Å². The van der Waals surface area contributed by atoms with Crippen molar-refractivity contribution in [2.75, 3.05) is 0 Å². The highest BCUT2D eigenvalue weighted by Crippen LogP contribution is 2.19. The SMILES string of the molecule is O=C(O)c1cc(Cc2cccnc2)ccc1Cl. The lowest BCUT2D eigenvalue weighted by molar-refractivity contribution is 0.0697. The molecule has 0 fully saturated rings. The summed E-state index contributed by atoms with van der Waals surface area (Å²) in [6.45, 7) is 0. The molecule has 0 aliphatic rings. The Hall–Kier alpha value is -1.87. The molecular formula is C13H10ClNO2. The van der Waals surface area contributed by atoms with E-state index in [9.17, 15) is 4.79 Å². The van der Waals surface area contributed by atoms with Crippen molar-refractivity contribution in [3.05, 3.63) is 64.4 Å². The van der Waals surface area contributed by atoms with Crippen molar-refractivity contribution in [2.45, 2.75) is 6.42 Å². The van der Waals surface area contributed by atoms with E-state index in [1.54, 1.807) is 24.5 Å². The van der Waals surface area contributed by atoms with Crippen LogP contribution in [-0.2, 0) is 6.42 Å². The van der Waals surface area contributed by atoms with Crippen LogP contribution in [0.2, 0.25) is 5.02 Å². The molecule has 2 aromatic rings. The van der Waals surface area contributed by atoms with Crippen LogP contribution in [0.4, 0.5) is 0 Å². The molecule has 1 aromatic heterocycles. The number of hydrogen-bond donors (Lipinski definition) is 1. The number of pyridine rings is 1. The third-order valence-electron chi connectivity index (χ3n) is 2.39. The van der Waals surface area contributed by atoms with E-state index in [-0.39, 0.29) is 10.6 Å². The van der Waals surface area contributed by atoms with E-state index in [4.69, 9.17) is 16.7 Å². The molecule has 0 aliphatic heterocycles. The van der Waals surface area contributed by atoms with Gasteiger partial charge < -0.3 is 5.11 Å². The first-order chi connectivity index (χ1) is 8.16. The van der Waals surface area contributed by atoms with Crippen LogP contribution in [0.15, 0.2) is 42.7 Å². The van der Waals surface area contributed by atoms with E-state index in [1.165, 1.54) is 0 Å². The van der Waals surface area contributed by atoms with E-state index < -0.39 is 5.97 Å². The van der Waals surface area contributed by atoms with Gasteiger partial charge in [0, 0.05) is 12.4 Å². The fourth-order valence-electron chi connectivity index (χ4n) is 1.58. The third kappa shape index (κ3) is 2.82. The van der Waals surface area contributed by atoms with E-state index in [0.29, 0.717) is 6.42 Å². The number of rotatable bonds is 3. The van der Waals surface area contributed by atoms with Crippen molar-refractivity contribution in [1.29, 1.82) is 0 Å². The molecule has 4 heteroatoms. The summed E-state index contributed by atoms with van der Waals surface area (Å²) in [5, 5.41) is 9.22. The van der Waals surface area contributed by atoms with Gasteiger partial charge in [-0.2, -0.15) is 0 Å². The molecule has 0 spiro atoms. The van der Waals surface area contributed by atoms with E-state index in [2.05, 4.69) is 4.98 Å². The summed E-state index contributed by atoms with van der Waals surface area (Å²) >= 11 is 5.80. The number of carboxylic acid groups (broad SMARTS) is 1. The molecule has 0 unspecified atom stereocenters. The number of aromatic nitrogens is 1. The van der Waals surface area contributed by atoms with Gasteiger partial charge in [-0.25, -0.2) is 4.79 Å². The van der Waals surface area contributed by atoms with Gasteiger partial charge in [0.25, 0.3) is 0 Å². The lowest BCUT2D eigenvalue weighted by Crippen LogP contribution is -1.99. The Morgan fingerprint density at radius 3 is 2.76 bits per heavy atom. The smallest absolute Gasteiger partial charge is 0.337 e. The van der Waals surface area contributed by atoms with Crippen LogP contribution in [0.1, 0.15) is 21.5 Å². The molecule has 0 saturated carbocycles. The maximum absolute atomic E-state index is 10.9. The van der Waals surface area contributed by atoms with Gasteiger partial charge >= 0.3 is 5.97 Å². The Morgan fingerprint density at radius 1 is 1.29 bits per heavy atom. The molecule has 0 radical (unpaired) electrons. The molecule has 86 valence electrons. The Morgan fingerprint density at radius 2 is 2.12 bits per heavy atom. The van der Waals surface area contributed by atoms with Crippen molar-refractivity contribution >= 4 is 17.6 Å². The molecular weight excluding hydrogens is 238 g/mol. The van der Waals surface area contributed by atoms with Crippen LogP contribution in [0, 0.1) is 0 Å². The van der Waals surface area contributed by atoms with Gasteiger partial charge in [0.2, 0.25) is 0 Å². The Bertz CT molecular complexity index is 540. The quantitative estimate of drug-likeness (QED) is 0.907. The third-order valence-corrected chi connectivity index (χ3v) is 2.72. The highest BCUT2D eigenvalue weighted by Gasteiger charge is 2.09. The summed E-state index contributed by atoms with van der Waals surface area (Å²) < 4.78 is 0. The average Bonchev–Trinajstić information content (AvgIpc) is 2.32. The Kier molecular flexibility index (Phi) is 3.40. The molecule has 0 bridgehead atoms. The molecule has 0 amide bonds. The van der Waals surface area contributed by atoms with Crippen LogP contribution in [0.3, 0.4) is 0 Å². The minimum Gasteiger partial charge on any atom is -0.478 e. The van der Waals surface area contributed by atoms with Crippen molar-refractivity contribution in [3.63, 3.8) is 0 Å². The van der Waals surface area contributed by atoms with Crippen LogP contribution in [-0.4, -0.2) is 16.1 Å². The number of carboxylic acids is 1. The molecule has 0 atom stereocenters. The zero-order chi connectivity index (χ0) is 12.3. The maximum Gasteiger partial charge on any atom is 0.337 e. The average molecular weight is 248 g/mol. The molecule has 1 heterocycles. The fourth-order valence-corrected chi connectivity index (χ4v) is 1.78. The lowest BCUT2D eigenvalue weighted by Gasteiger charge is -2.04. The van der Waals surface area contributed by atoms with Crippen LogP contribution < -0.4 is 0 Å². The normalized spacial score (nSPS) is 10.2. The first-order valence-corrected chi connectivity index (χ1v) is 5.45. The Labute approximate surface area is 104 Å². The number of carbonyl (C=O) groups is 1. The van der Waals surface area contributed by atoms with Gasteiger partial charge in [0.05, 0.1) is 10.6 Å². The minimum atomic E-state index is -1.01. The summed E-state index contributed by atoms with van der Waals surface area (Å²) in [5.74, 6) is -1.01. The van der Waals surface area contributed by atoms with Crippen LogP contribution in [0.5, 0.6) is 0 Å². The first kappa shape index (κ1) is 11.6. The summed E-state index contributed by atoms with van der Waals surface area (Å²) in [4.78, 5) is 14.9. The highest BCUT2D eigenvalue weighted by atomic mass is 35.5. The summed E-state index contributed by atoms with van der Waals surface area (Å²) in [6.07, 6.45) is 4.11. The second-order valence-electron chi connectivity index (χ2n) is 3.66. The van der Waals surface area contributed by atoms with Crippen molar-refractivity contribution < 1.29 is 9.90 Å². The molecule has 1 aromatic carbocycles. The molecule has 3 nitrogen and oxygen atoms in total. The molecule has 17 heavy (non-hydrogen) atoms. The zero-order valence-electron chi connectivity index (χ0n) is 8.93. The first-order valence-electron chi connectivity index (χ1n) is 5.07. The fraction of sp³-hybridized carbons (Fsp3) is 0.0769.